The summed E-state index contributed by atoms with van der Waals surface area (Å²) in [5, 5.41) is 0. The predicted molar refractivity (Wildman–Crippen MR) is 137 cm³/mol. The second kappa shape index (κ2) is 9.05. The number of thiocarbonyl (C=S) groups is 1. The molecule has 2 aliphatic heterocycles. The molecule has 5 nitrogen and oxygen atoms in total. The summed E-state index contributed by atoms with van der Waals surface area (Å²) in [6, 6.07) is 23.0. The van der Waals surface area contributed by atoms with Crippen molar-refractivity contribution in [3.05, 3.63) is 83.3 Å². The minimum absolute atomic E-state index is 0.127. The smallest absolute Gasteiger partial charge is 0.266 e. The summed E-state index contributed by atoms with van der Waals surface area (Å²) in [6.07, 6.45) is 1.78. The molecule has 2 amide bonds. The summed E-state index contributed by atoms with van der Waals surface area (Å²) in [4.78, 5) is 32.2. The number of amides is 2. The van der Waals surface area contributed by atoms with Gasteiger partial charge in [0.2, 0.25) is 0 Å². The molecule has 3 aromatic rings. The highest BCUT2D eigenvalue weighted by molar-refractivity contribution is 8.26. The van der Waals surface area contributed by atoms with Gasteiger partial charge in [0.15, 0.2) is 0 Å². The molecule has 0 spiro atoms. The van der Waals surface area contributed by atoms with E-state index in [2.05, 4.69) is 0 Å². The van der Waals surface area contributed by atoms with Crippen molar-refractivity contribution in [1.29, 1.82) is 0 Å². The van der Waals surface area contributed by atoms with E-state index in [1.165, 1.54) is 16.7 Å². The van der Waals surface area contributed by atoms with Gasteiger partial charge in [0.1, 0.15) is 16.6 Å². The third-order valence-corrected chi connectivity index (χ3v) is 7.77. The summed E-state index contributed by atoms with van der Waals surface area (Å²) in [6.45, 7) is -0.127. The first-order chi connectivity index (χ1) is 16.0. The highest BCUT2D eigenvalue weighted by Crippen LogP contribution is 2.48. The minimum atomic E-state index is -0.262. The van der Waals surface area contributed by atoms with Gasteiger partial charge in [-0.3, -0.25) is 19.4 Å². The molecule has 8 heteroatoms. The van der Waals surface area contributed by atoms with E-state index in [1.807, 2.05) is 72.8 Å². The highest BCUT2D eigenvalue weighted by Gasteiger charge is 2.36. The number of carbonyl (C=O) groups is 2. The van der Waals surface area contributed by atoms with E-state index in [-0.39, 0.29) is 18.4 Å². The average molecular weight is 491 g/mol. The first kappa shape index (κ1) is 21.8. The molecule has 164 valence electrons. The molecule has 0 saturated carbocycles. The van der Waals surface area contributed by atoms with E-state index in [4.69, 9.17) is 17.0 Å². The number of para-hydroxylation sites is 2. The molecular weight excluding hydrogens is 472 g/mol. The van der Waals surface area contributed by atoms with Crippen molar-refractivity contribution < 1.29 is 14.3 Å². The van der Waals surface area contributed by atoms with E-state index < -0.39 is 0 Å². The monoisotopic (exact) mass is 490 g/mol. The van der Waals surface area contributed by atoms with Crippen molar-refractivity contribution in [1.82, 2.24) is 4.90 Å². The molecule has 0 N–H and O–H groups in total. The molecule has 2 heterocycles. The van der Waals surface area contributed by atoms with Crippen LogP contribution in [0.25, 0.3) is 6.08 Å². The number of methoxy groups -OCH3 is 1. The molecule has 0 aliphatic carbocycles. The van der Waals surface area contributed by atoms with Gasteiger partial charge in [0.25, 0.3) is 11.8 Å². The van der Waals surface area contributed by atoms with Crippen molar-refractivity contribution in [3.63, 3.8) is 0 Å². The first-order valence-electron chi connectivity index (χ1n) is 10.1. The number of fused-ring (bicyclic) bond motifs is 2. The van der Waals surface area contributed by atoms with Crippen molar-refractivity contribution in [2.24, 2.45) is 0 Å². The topological polar surface area (TPSA) is 49.9 Å². The van der Waals surface area contributed by atoms with Gasteiger partial charge in [-0.1, -0.05) is 72.1 Å². The number of hydrogen-bond acceptors (Lipinski definition) is 6. The number of nitrogens with zero attached hydrogens (tertiary/aromatic N) is 2. The summed E-state index contributed by atoms with van der Waals surface area (Å²) < 4.78 is 5.56. The van der Waals surface area contributed by atoms with Crippen LogP contribution in [0.4, 0.5) is 11.4 Å². The van der Waals surface area contributed by atoms with E-state index in [1.54, 1.807) is 29.8 Å². The zero-order valence-electron chi connectivity index (χ0n) is 17.6. The molecule has 5 rings (SSSR count). The number of benzene rings is 3. The second-order valence-corrected chi connectivity index (χ2v) is 10.1. The molecule has 2 aliphatic rings. The average Bonchev–Trinajstić information content (AvgIpc) is 3.10. The number of thioether (sulfide) groups is 1. The molecule has 33 heavy (non-hydrogen) atoms. The Morgan fingerprint density at radius 3 is 2.15 bits per heavy atom. The van der Waals surface area contributed by atoms with Crippen LogP contribution in [0.15, 0.2) is 87.5 Å². The summed E-state index contributed by atoms with van der Waals surface area (Å²) >= 11 is 8.30. The zero-order chi connectivity index (χ0) is 22.9. The highest BCUT2D eigenvalue weighted by atomic mass is 32.2. The minimum Gasteiger partial charge on any atom is -0.497 e. The van der Waals surface area contributed by atoms with Crippen LogP contribution in [0.5, 0.6) is 5.75 Å². The Morgan fingerprint density at radius 1 is 0.939 bits per heavy atom. The summed E-state index contributed by atoms with van der Waals surface area (Å²) in [5.74, 6) is 0.268. The molecule has 0 radical (unpaired) electrons. The quantitative estimate of drug-likeness (QED) is 0.344. The molecule has 1 saturated heterocycles. The van der Waals surface area contributed by atoms with Crippen LogP contribution in [-0.2, 0) is 9.59 Å². The van der Waals surface area contributed by atoms with Gasteiger partial charge in [-0.25, -0.2) is 0 Å². The Balaban J connectivity index is 1.41. The Morgan fingerprint density at radius 2 is 1.55 bits per heavy atom. The van der Waals surface area contributed by atoms with Crippen molar-refractivity contribution in [3.8, 4) is 5.75 Å². The van der Waals surface area contributed by atoms with E-state index >= 15 is 0 Å². The number of ether oxygens (including phenoxy) is 1. The molecular formula is C25H18N2O3S3. The molecule has 3 aromatic carbocycles. The number of hydrogen-bond donors (Lipinski definition) is 0. The van der Waals surface area contributed by atoms with Crippen LogP contribution in [-0.4, -0.2) is 34.7 Å². The molecule has 0 aromatic heterocycles. The van der Waals surface area contributed by atoms with E-state index in [9.17, 15) is 9.59 Å². The largest absolute Gasteiger partial charge is 0.497 e. The van der Waals surface area contributed by atoms with Crippen LogP contribution >= 0.6 is 35.7 Å². The number of anilines is 2. The Labute approximate surface area is 205 Å². The fourth-order valence-electron chi connectivity index (χ4n) is 3.67. The fraction of sp³-hybridized carbons (Fsp3) is 0.0800. The van der Waals surface area contributed by atoms with Crippen molar-refractivity contribution >= 4 is 69.3 Å². The van der Waals surface area contributed by atoms with Gasteiger partial charge in [0, 0.05) is 9.79 Å². The maximum Gasteiger partial charge on any atom is 0.266 e. The normalized spacial score (nSPS) is 16.1. The van der Waals surface area contributed by atoms with Crippen LogP contribution < -0.4 is 9.64 Å². The maximum absolute atomic E-state index is 13.5. The predicted octanol–water partition coefficient (Wildman–Crippen LogP) is 5.73. The number of carbonyl (C=O) groups excluding carboxylic acids is 2. The Kier molecular flexibility index (Phi) is 5.97. The summed E-state index contributed by atoms with van der Waals surface area (Å²) in [7, 11) is 1.61. The first-order valence-corrected chi connectivity index (χ1v) is 12.2. The fourth-order valence-corrected chi connectivity index (χ4v) is 5.98. The summed E-state index contributed by atoms with van der Waals surface area (Å²) in [5.41, 5.74) is 2.48. The van der Waals surface area contributed by atoms with Crippen LogP contribution in [0, 0.1) is 0 Å². The lowest BCUT2D eigenvalue weighted by Crippen LogP contribution is -2.41. The third-order valence-electron chi connectivity index (χ3n) is 5.26. The van der Waals surface area contributed by atoms with Crippen LogP contribution in [0.3, 0.4) is 0 Å². The molecule has 1 fully saturated rings. The van der Waals surface area contributed by atoms with Crippen molar-refractivity contribution in [2.45, 2.75) is 9.79 Å². The molecule has 0 unspecified atom stereocenters. The standard InChI is InChI=1S/C25H18N2O3S3/c1-30-17-12-10-16(11-13-17)14-22-24(29)26(25(31)33-22)15-23(28)27-18-6-2-4-8-20(18)32-21-9-5-3-7-19(21)27/h2-14H,15H2,1H3/b22-14+. The Bertz CT molecular complexity index is 1260. The SMILES string of the molecule is COc1ccc(/C=C2/SC(=S)N(CC(=O)N3c4ccccc4Sc4ccccc43)C2=O)cc1. The van der Waals surface area contributed by atoms with Gasteiger partial charge >= 0.3 is 0 Å². The lowest BCUT2D eigenvalue weighted by atomic mass is 10.2. The lowest BCUT2D eigenvalue weighted by Gasteiger charge is -2.32. The third kappa shape index (κ3) is 4.17. The van der Waals surface area contributed by atoms with Gasteiger partial charge in [-0.15, -0.1) is 0 Å². The zero-order valence-corrected chi connectivity index (χ0v) is 20.0. The second-order valence-electron chi connectivity index (χ2n) is 7.31. The van der Waals surface area contributed by atoms with Crippen LogP contribution in [0.2, 0.25) is 0 Å². The van der Waals surface area contributed by atoms with Gasteiger partial charge in [-0.2, -0.15) is 0 Å². The molecule has 0 bridgehead atoms. The van der Waals surface area contributed by atoms with Gasteiger partial charge < -0.3 is 4.74 Å². The van der Waals surface area contributed by atoms with Crippen LogP contribution in [0.1, 0.15) is 5.56 Å². The molecule has 0 atom stereocenters. The van der Waals surface area contributed by atoms with Crippen molar-refractivity contribution in [2.75, 3.05) is 18.6 Å². The lowest BCUT2D eigenvalue weighted by molar-refractivity contribution is -0.127. The van der Waals surface area contributed by atoms with Gasteiger partial charge in [0.05, 0.1) is 23.4 Å². The van der Waals surface area contributed by atoms with E-state index in [0.717, 1.165) is 32.5 Å². The maximum atomic E-state index is 13.5. The van der Waals surface area contributed by atoms with Gasteiger partial charge in [-0.05, 0) is 48.0 Å². The Hall–Kier alpha value is -3.07. The van der Waals surface area contributed by atoms with E-state index in [0.29, 0.717) is 9.23 Å². The number of rotatable bonds is 4.